The van der Waals surface area contributed by atoms with Gasteiger partial charge in [-0.2, -0.15) is 0 Å². The first-order valence-electron chi connectivity index (χ1n) is 6.72. The second-order valence-corrected chi connectivity index (χ2v) is 5.01. The summed E-state index contributed by atoms with van der Waals surface area (Å²) in [6.07, 6.45) is 6.25. The van der Waals surface area contributed by atoms with Crippen LogP contribution in [0.1, 0.15) is 48.9 Å². The molecular formula is C16H23N. The fraction of sp³-hybridized carbons (Fsp3) is 0.500. The summed E-state index contributed by atoms with van der Waals surface area (Å²) in [6, 6.07) is 7.28. The molecule has 0 amide bonds. The number of benzene rings is 1. The highest BCUT2D eigenvalue weighted by Crippen LogP contribution is 2.31. The van der Waals surface area contributed by atoms with E-state index in [0.717, 1.165) is 6.54 Å². The first kappa shape index (κ1) is 12.4. The first-order chi connectivity index (χ1) is 8.22. The van der Waals surface area contributed by atoms with Gasteiger partial charge in [-0.1, -0.05) is 36.8 Å². The van der Waals surface area contributed by atoms with Crippen molar-refractivity contribution in [2.75, 3.05) is 6.54 Å². The molecule has 92 valence electrons. The number of rotatable bonds is 4. The van der Waals surface area contributed by atoms with Gasteiger partial charge < -0.3 is 5.32 Å². The zero-order valence-electron chi connectivity index (χ0n) is 11.2. The van der Waals surface area contributed by atoms with Crippen molar-refractivity contribution in [1.29, 1.82) is 0 Å². The Balaban J connectivity index is 2.28. The van der Waals surface area contributed by atoms with Crippen molar-refractivity contribution < 1.29 is 0 Å². The number of nitrogens with one attached hydrogen (secondary N) is 1. The normalized spacial score (nSPS) is 17.0. The Labute approximate surface area is 105 Å². The van der Waals surface area contributed by atoms with Crippen LogP contribution < -0.4 is 5.32 Å². The van der Waals surface area contributed by atoms with Crippen LogP contribution in [0.3, 0.4) is 0 Å². The van der Waals surface area contributed by atoms with Gasteiger partial charge in [0.05, 0.1) is 6.04 Å². The Morgan fingerprint density at radius 1 is 1.24 bits per heavy atom. The molecule has 0 aliphatic heterocycles. The molecule has 2 rings (SSSR count). The van der Waals surface area contributed by atoms with Gasteiger partial charge in [0.25, 0.3) is 0 Å². The van der Waals surface area contributed by atoms with Crippen molar-refractivity contribution in [3.05, 3.63) is 46.5 Å². The van der Waals surface area contributed by atoms with Crippen LogP contribution in [0.25, 0.3) is 0 Å². The highest BCUT2D eigenvalue weighted by Gasteiger charge is 2.18. The Hall–Kier alpha value is -1.08. The van der Waals surface area contributed by atoms with Gasteiger partial charge in [-0.05, 0) is 56.3 Å². The molecule has 1 nitrogen and oxygen atoms in total. The van der Waals surface area contributed by atoms with E-state index in [1.807, 2.05) is 0 Å². The molecule has 0 spiro atoms. The van der Waals surface area contributed by atoms with Crippen LogP contribution in [-0.2, 0) is 0 Å². The fourth-order valence-electron chi connectivity index (χ4n) is 2.57. The minimum absolute atomic E-state index is 0.432. The van der Waals surface area contributed by atoms with E-state index < -0.39 is 0 Å². The molecule has 1 aliphatic rings. The van der Waals surface area contributed by atoms with E-state index in [9.17, 15) is 0 Å². The van der Waals surface area contributed by atoms with Crippen molar-refractivity contribution in [2.45, 2.75) is 46.1 Å². The quantitative estimate of drug-likeness (QED) is 0.768. The summed E-state index contributed by atoms with van der Waals surface area (Å²) in [5, 5.41) is 3.62. The zero-order valence-corrected chi connectivity index (χ0v) is 11.2. The summed E-state index contributed by atoms with van der Waals surface area (Å²) in [5.41, 5.74) is 5.77. The molecule has 1 aromatic rings. The molecule has 1 aliphatic carbocycles. The van der Waals surface area contributed by atoms with Gasteiger partial charge in [0.2, 0.25) is 0 Å². The molecule has 1 atom stereocenters. The van der Waals surface area contributed by atoms with Crippen LogP contribution >= 0.6 is 0 Å². The third-order valence-electron chi connectivity index (χ3n) is 3.72. The summed E-state index contributed by atoms with van der Waals surface area (Å²) < 4.78 is 0. The number of allylic oxidation sites excluding steroid dienone is 1. The molecule has 1 heteroatoms. The summed E-state index contributed by atoms with van der Waals surface area (Å²) in [4.78, 5) is 0. The van der Waals surface area contributed by atoms with Crippen LogP contribution in [0.15, 0.2) is 29.8 Å². The number of aryl methyl sites for hydroxylation is 2. The molecule has 0 aromatic heterocycles. The molecule has 0 bridgehead atoms. The SMILES string of the molecule is CCNC(C1=CCCC1)c1ccc(C)c(C)c1. The van der Waals surface area contributed by atoms with Gasteiger partial charge in [-0.3, -0.25) is 0 Å². The molecule has 0 fully saturated rings. The lowest BCUT2D eigenvalue weighted by atomic mass is 9.95. The molecule has 0 radical (unpaired) electrons. The number of likely N-dealkylation sites (N-methyl/N-ethyl adjacent to an activating group) is 1. The van der Waals surface area contributed by atoms with E-state index in [-0.39, 0.29) is 0 Å². The Bertz CT molecular complexity index is 418. The van der Waals surface area contributed by atoms with Crippen LogP contribution in [0.5, 0.6) is 0 Å². The summed E-state index contributed by atoms with van der Waals surface area (Å²) in [5.74, 6) is 0. The molecule has 1 unspecified atom stereocenters. The van der Waals surface area contributed by atoms with Crippen molar-refractivity contribution in [1.82, 2.24) is 5.32 Å². The molecule has 0 heterocycles. The number of hydrogen-bond acceptors (Lipinski definition) is 1. The Morgan fingerprint density at radius 2 is 2.06 bits per heavy atom. The van der Waals surface area contributed by atoms with E-state index in [1.54, 1.807) is 5.57 Å². The van der Waals surface area contributed by atoms with Gasteiger partial charge >= 0.3 is 0 Å². The average Bonchev–Trinajstić information content (AvgIpc) is 2.83. The monoisotopic (exact) mass is 229 g/mol. The highest BCUT2D eigenvalue weighted by atomic mass is 14.9. The Kier molecular flexibility index (Phi) is 4.01. The molecular weight excluding hydrogens is 206 g/mol. The van der Waals surface area contributed by atoms with E-state index >= 15 is 0 Å². The lowest BCUT2D eigenvalue weighted by Crippen LogP contribution is -2.22. The van der Waals surface area contributed by atoms with Crippen molar-refractivity contribution >= 4 is 0 Å². The van der Waals surface area contributed by atoms with Gasteiger partial charge in [-0.25, -0.2) is 0 Å². The highest BCUT2D eigenvalue weighted by molar-refractivity contribution is 5.36. The third-order valence-corrected chi connectivity index (χ3v) is 3.72. The summed E-state index contributed by atoms with van der Waals surface area (Å²) in [7, 11) is 0. The topological polar surface area (TPSA) is 12.0 Å². The molecule has 0 saturated carbocycles. The largest absolute Gasteiger partial charge is 0.307 e. The third kappa shape index (κ3) is 2.78. The second kappa shape index (κ2) is 5.50. The standard InChI is InChI=1S/C16H23N/c1-4-17-16(14-7-5-6-8-14)15-10-9-12(2)13(3)11-15/h7,9-11,16-17H,4-6,8H2,1-3H3. The fourth-order valence-corrected chi connectivity index (χ4v) is 2.57. The van der Waals surface area contributed by atoms with E-state index in [2.05, 4.69) is 50.4 Å². The van der Waals surface area contributed by atoms with Crippen molar-refractivity contribution in [3.8, 4) is 0 Å². The van der Waals surface area contributed by atoms with Gasteiger partial charge in [0, 0.05) is 0 Å². The van der Waals surface area contributed by atoms with Crippen LogP contribution in [0.2, 0.25) is 0 Å². The molecule has 17 heavy (non-hydrogen) atoms. The molecule has 1 aromatic carbocycles. The zero-order chi connectivity index (χ0) is 12.3. The number of hydrogen-bond donors (Lipinski definition) is 1. The average molecular weight is 229 g/mol. The minimum Gasteiger partial charge on any atom is -0.307 e. The maximum absolute atomic E-state index is 3.62. The van der Waals surface area contributed by atoms with E-state index in [0.29, 0.717) is 6.04 Å². The van der Waals surface area contributed by atoms with Crippen LogP contribution in [0, 0.1) is 13.8 Å². The van der Waals surface area contributed by atoms with Gasteiger partial charge in [0.1, 0.15) is 0 Å². The smallest absolute Gasteiger partial charge is 0.0536 e. The van der Waals surface area contributed by atoms with Gasteiger partial charge in [-0.15, -0.1) is 0 Å². The lowest BCUT2D eigenvalue weighted by Gasteiger charge is -2.21. The van der Waals surface area contributed by atoms with Crippen molar-refractivity contribution in [3.63, 3.8) is 0 Å². The molecule has 1 N–H and O–H groups in total. The minimum atomic E-state index is 0.432. The maximum Gasteiger partial charge on any atom is 0.0536 e. The first-order valence-corrected chi connectivity index (χ1v) is 6.72. The maximum atomic E-state index is 3.62. The van der Waals surface area contributed by atoms with Crippen molar-refractivity contribution in [2.24, 2.45) is 0 Å². The Morgan fingerprint density at radius 3 is 2.65 bits per heavy atom. The van der Waals surface area contributed by atoms with Crippen LogP contribution in [-0.4, -0.2) is 6.54 Å². The predicted octanol–water partition coefficient (Wildman–Crippen LogP) is 4.06. The van der Waals surface area contributed by atoms with E-state index in [1.165, 1.54) is 36.0 Å². The van der Waals surface area contributed by atoms with E-state index in [4.69, 9.17) is 0 Å². The van der Waals surface area contributed by atoms with Gasteiger partial charge in [0.15, 0.2) is 0 Å². The second-order valence-electron chi connectivity index (χ2n) is 5.01. The van der Waals surface area contributed by atoms with Crippen LogP contribution in [0.4, 0.5) is 0 Å². The lowest BCUT2D eigenvalue weighted by molar-refractivity contribution is 0.605. The predicted molar refractivity (Wildman–Crippen MR) is 74.3 cm³/mol. The summed E-state index contributed by atoms with van der Waals surface area (Å²) in [6.45, 7) is 7.58. The molecule has 0 saturated heterocycles. The summed E-state index contributed by atoms with van der Waals surface area (Å²) >= 11 is 0.